The summed E-state index contributed by atoms with van der Waals surface area (Å²) >= 11 is 0. The Balaban J connectivity index is 2.19. The van der Waals surface area contributed by atoms with Crippen LogP contribution in [-0.2, 0) is 0 Å². The summed E-state index contributed by atoms with van der Waals surface area (Å²) in [4.78, 5) is 12.6. The van der Waals surface area contributed by atoms with E-state index in [1.54, 1.807) is 12.1 Å². The topological polar surface area (TPSA) is 59.7 Å². The normalized spacial score (nSPS) is 11.0. The molecule has 3 rings (SSSR count). The van der Waals surface area contributed by atoms with Gasteiger partial charge in [-0.05, 0) is 31.5 Å². The second-order valence-corrected chi connectivity index (χ2v) is 5.30. The van der Waals surface area contributed by atoms with E-state index >= 15 is 0 Å². The average molecular weight is 296 g/mol. The number of hydrogen-bond donors (Lipinski definition) is 1. The number of rotatable bonds is 3. The van der Waals surface area contributed by atoms with Crippen LogP contribution >= 0.6 is 0 Å². The lowest BCUT2D eigenvalue weighted by atomic mass is 10.1. The maximum atomic E-state index is 12.6. The molecule has 0 aliphatic rings. The highest BCUT2D eigenvalue weighted by Gasteiger charge is 2.15. The van der Waals surface area contributed by atoms with E-state index in [4.69, 9.17) is 9.15 Å². The Labute approximate surface area is 127 Å². The lowest BCUT2D eigenvalue weighted by Crippen LogP contribution is -2.08. The van der Waals surface area contributed by atoms with Crippen LogP contribution in [0.2, 0.25) is 0 Å². The van der Waals surface area contributed by atoms with Crippen molar-refractivity contribution in [2.45, 2.75) is 20.0 Å². The molecule has 3 aromatic rings. The van der Waals surface area contributed by atoms with Crippen LogP contribution in [0.25, 0.3) is 22.1 Å². The molecule has 0 radical (unpaired) electrons. The number of fused-ring (bicyclic) bond motifs is 1. The summed E-state index contributed by atoms with van der Waals surface area (Å²) in [7, 11) is 0. The van der Waals surface area contributed by atoms with Crippen molar-refractivity contribution in [2.75, 3.05) is 0 Å². The largest absolute Gasteiger partial charge is 0.502 e. The van der Waals surface area contributed by atoms with Gasteiger partial charge in [-0.15, -0.1) is 0 Å². The molecule has 4 nitrogen and oxygen atoms in total. The van der Waals surface area contributed by atoms with Gasteiger partial charge in [-0.2, -0.15) is 0 Å². The van der Waals surface area contributed by atoms with Crippen LogP contribution in [0.5, 0.6) is 11.5 Å². The van der Waals surface area contributed by atoms with Gasteiger partial charge in [0.25, 0.3) is 0 Å². The minimum Gasteiger partial charge on any atom is -0.502 e. The van der Waals surface area contributed by atoms with E-state index in [9.17, 15) is 9.90 Å². The molecule has 22 heavy (non-hydrogen) atoms. The highest BCUT2D eigenvalue weighted by atomic mass is 16.5. The predicted molar refractivity (Wildman–Crippen MR) is 85.3 cm³/mol. The molecule has 0 spiro atoms. The Bertz CT molecular complexity index is 863. The monoisotopic (exact) mass is 296 g/mol. The van der Waals surface area contributed by atoms with Crippen LogP contribution in [0.4, 0.5) is 0 Å². The number of phenols is 1. The van der Waals surface area contributed by atoms with E-state index in [0.29, 0.717) is 16.7 Å². The zero-order valence-electron chi connectivity index (χ0n) is 12.4. The zero-order chi connectivity index (χ0) is 15.7. The van der Waals surface area contributed by atoms with Crippen LogP contribution in [0.1, 0.15) is 13.8 Å². The third kappa shape index (κ3) is 2.44. The van der Waals surface area contributed by atoms with Gasteiger partial charge in [-0.1, -0.05) is 30.3 Å². The summed E-state index contributed by atoms with van der Waals surface area (Å²) in [6, 6.07) is 12.5. The lowest BCUT2D eigenvalue weighted by molar-refractivity contribution is 0.232. The van der Waals surface area contributed by atoms with Crippen LogP contribution in [0, 0.1) is 0 Å². The molecule has 0 bridgehead atoms. The first-order chi connectivity index (χ1) is 10.6. The molecule has 0 atom stereocenters. The maximum absolute atomic E-state index is 12.6. The third-order valence-corrected chi connectivity index (χ3v) is 3.33. The summed E-state index contributed by atoms with van der Waals surface area (Å²) in [5, 5.41) is 10.6. The van der Waals surface area contributed by atoms with Gasteiger partial charge in [-0.3, -0.25) is 4.79 Å². The summed E-state index contributed by atoms with van der Waals surface area (Å²) in [6.07, 6.45) is 1.29. The van der Waals surface area contributed by atoms with Crippen LogP contribution in [0.3, 0.4) is 0 Å². The Hall–Kier alpha value is -2.75. The molecular formula is C18H16O4. The second kappa shape index (κ2) is 5.56. The van der Waals surface area contributed by atoms with Gasteiger partial charge >= 0.3 is 0 Å². The summed E-state index contributed by atoms with van der Waals surface area (Å²) in [6.45, 7) is 3.72. The zero-order valence-corrected chi connectivity index (χ0v) is 12.4. The summed E-state index contributed by atoms with van der Waals surface area (Å²) in [5.41, 5.74) is 1.20. The van der Waals surface area contributed by atoms with Gasteiger partial charge in [0, 0.05) is 0 Å². The molecule has 112 valence electrons. The van der Waals surface area contributed by atoms with Crippen molar-refractivity contribution in [1.82, 2.24) is 0 Å². The Kier molecular flexibility index (Phi) is 3.59. The molecule has 0 fully saturated rings. The van der Waals surface area contributed by atoms with Crippen LogP contribution < -0.4 is 10.2 Å². The number of aromatic hydroxyl groups is 1. The molecule has 2 aromatic carbocycles. The quantitative estimate of drug-likeness (QED) is 0.795. The Morgan fingerprint density at radius 1 is 1.09 bits per heavy atom. The van der Waals surface area contributed by atoms with Gasteiger partial charge in [0.1, 0.15) is 6.26 Å². The standard InChI is InChI=1S/C18H16O4/c1-11(2)22-15-9-8-13-16(19)14(10-21-18(13)17(15)20)12-6-4-3-5-7-12/h3-11,20H,1-2H3. The molecular weight excluding hydrogens is 280 g/mol. The van der Waals surface area contributed by atoms with Gasteiger partial charge in [0.15, 0.2) is 11.3 Å². The highest BCUT2D eigenvalue weighted by molar-refractivity contribution is 5.87. The fourth-order valence-corrected chi connectivity index (χ4v) is 2.33. The number of benzene rings is 2. The van der Waals surface area contributed by atoms with Crippen molar-refractivity contribution in [1.29, 1.82) is 0 Å². The van der Waals surface area contributed by atoms with E-state index in [1.807, 2.05) is 44.2 Å². The van der Waals surface area contributed by atoms with Crippen molar-refractivity contribution < 1.29 is 14.3 Å². The van der Waals surface area contributed by atoms with Gasteiger partial charge in [0.2, 0.25) is 11.2 Å². The van der Waals surface area contributed by atoms with E-state index < -0.39 is 0 Å². The Morgan fingerprint density at radius 3 is 2.50 bits per heavy atom. The second-order valence-electron chi connectivity index (χ2n) is 5.30. The lowest BCUT2D eigenvalue weighted by Gasteiger charge is -2.12. The van der Waals surface area contributed by atoms with Crippen molar-refractivity contribution in [3.05, 3.63) is 59.0 Å². The minimum absolute atomic E-state index is 0.0846. The summed E-state index contributed by atoms with van der Waals surface area (Å²) in [5.74, 6) is 0.154. The van der Waals surface area contributed by atoms with Crippen molar-refractivity contribution in [2.24, 2.45) is 0 Å². The molecule has 1 aromatic heterocycles. The maximum Gasteiger partial charge on any atom is 0.202 e. The number of phenolic OH excluding ortho intramolecular Hbond substituents is 1. The molecule has 1 N–H and O–H groups in total. The van der Waals surface area contributed by atoms with Gasteiger partial charge < -0.3 is 14.3 Å². The molecule has 0 aliphatic heterocycles. The fraction of sp³-hybridized carbons (Fsp3) is 0.167. The summed E-state index contributed by atoms with van der Waals surface area (Å²) < 4.78 is 11.0. The van der Waals surface area contributed by atoms with Crippen molar-refractivity contribution in [3.63, 3.8) is 0 Å². The first-order valence-electron chi connectivity index (χ1n) is 7.07. The molecule has 4 heteroatoms. The van der Waals surface area contributed by atoms with Gasteiger partial charge in [0.05, 0.1) is 17.1 Å². The molecule has 0 aliphatic carbocycles. The van der Waals surface area contributed by atoms with E-state index in [1.165, 1.54) is 6.26 Å². The van der Waals surface area contributed by atoms with Crippen LogP contribution in [-0.4, -0.2) is 11.2 Å². The molecule has 1 heterocycles. The predicted octanol–water partition coefficient (Wildman–Crippen LogP) is 3.95. The van der Waals surface area contributed by atoms with E-state index in [0.717, 1.165) is 5.56 Å². The van der Waals surface area contributed by atoms with E-state index in [2.05, 4.69) is 0 Å². The molecule has 0 saturated carbocycles. The SMILES string of the molecule is CC(C)Oc1ccc2c(=O)c(-c3ccccc3)coc2c1O. The van der Waals surface area contributed by atoms with Crippen molar-refractivity contribution >= 4 is 11.0 Å². The first-order valence-corrected chi connectivity index (χ1v) is 7.07. The molecule has 0 saturated heterocycles. The number of ether oxygens (including phenoxy) is 1. The van der Waals surface area contributed by atoms with Crippen molar-refractivity contribution in [3.8, 4) is 22.6 Å². The molecule has 0 amide bonds. The highest BCUT2D eigenvalue weighted by Crippen LogP contribution is 2.34. The number of hydrogen-bond acceptors (Lipinski definition) is 4. The minimum atomic E-state index is -0.182. The van der Waals surface area contributed by atoms with Gasteiger partial charge in [-0.25, -0.2) is 0 Å². The molecule has 0 unspecified atom stereocenters. The smallest absolute Gasteiger partial charge is 0.202 e. The third-order valence-electron chi connectivity index (χ3n) is 3.33. The fourth-order valence-electron chi connectivity index (χ4n) is 2.33. The van der Waals surface area contributed by atoms with Crippen LogP contribution in [0.15, 0.2) is 57.9 Å². The Morgan fingerprint density at radius 2 is 1.82 bits per heavy atom. The first kappa shape index (κ1) is 14.2. The van der Waals surface area contributed by atoms with E-state index in [-0.39, 0.29) is 22.9 Å². The average Bonchev–Trinajstić information content (AvgIpc) is 2.51.